The first-order valence-electron chi connectivity index (χ1n) is 17.4. The highest BCUT2D eigenvalue weighted by molar-refractivity contribution is 5.74. The second-order valence-electron chi connectivity index (χ2n) is 12.7. The molecule has 0 fully saturated rings. The van der Waals surface area contributed by atoms with Gasteiger partial charge in [0, 0.05) is 34.7 Å². The molecule has 0 saturated carbocycles. The zero-order valence-corrected chi connectivity index (χ0v) is 29.5. The van der Waals surface area contributed by atoms with Crippen molar-refractivity contribution in [3.63, 3.8) is 0 Å². The van der Waals surface area contributed by atoms with Crippen molar-refractivity contribution in [1.82, 2.24) is 29.9 Å². The van der Waals surface area contributed by atoms with Gasteiger partial charge in [-0.1, -0.05) is 121 Å². The summed E-state index contributed by atoms with van der Waals surface area (Å²) in [7, 11) is 1.57. The molecule has 2 aromatic heterocycles. The van der Waals surface area contributed by atoms with Gasteiger partial charge in [-0.25, -0.2) is 29.9 Å². The number of nitrogens with zero attached hydrogens (tertiary/aromatic N) is 6. The van der Waals surface area contributed by atoms with Gasteiger partial charge in [-0.05, 0) is 41.8 Å². The van der Waals surface area contributed by atoms with Crippen LogP contribution in [0, 0.1) is 6.92 Å². The number of phenols is 2. The van der Waals surface area contributed by atoms with E-state index in [9.17, 15) is 10.2 Å². The second-order valence-corrected chi connectivity index (χ2v) is 12.7. The maximum atomic E-state index is 11.4. The average Bonchev–Trinajstić information content (AvgIpc) is 3.23. The van der Waals surface area contributed by atoms with Crippen molar-refractivity contribution in [2.45, 2.75) is 13.3 Å². The molecule has 2 heterocycles. The van der Waals surface area contributed by atoms with Gasteiger partial charge in [-0.3, -0.25) is 0 Å². The van der Waals surface area contributed by atoms with Gasteiger partial charge in [0.15, 0.2) is 34.9 Å². The van der Waals surface area contributed by atoms with E-state index in [2.05, 4.69) is 0 Å². The molecule has 0 atom stereocenters. The Morgan fingerprint density at radius 2 is 0.759 bits per heavy atom. The fourth-order valence-corrected chi connectivity index (χ4v) is 6.29. The van der Waals surface area contributed by atoms with Crippen LogP contribution in [0.3, 0.4) is 0 Å². The van der Waals surface area contributed by atoms with E-state index >= 15 is 0 Å². The normalized spacial score (nSPS) is 11.0. The molecule has 0 unspecified atom stereocenters. The van der Waals surface area contributed by atoms with E-state index in [1.165, 1.54) is 0 Å². The van der Waals surface area contributed by atoms with Crippen LogP contribution in [0.2, 0.25) is 0 Å². The Morgan fingerprint density at radius 3 is 1.13 bits per heavy atom. The molecule has 6 aromatic carbocycles. The maximum Gasteiger partial charge on any atom is 0.167 e. The molecule has 0 saturated heterocycles. The lowest BCUT2D eigenvalue weighted by molar-refractivity contribution is 0.404. The summed E-state index contributed by atoms with van der Waals surface area (Å²) < 4.78 is 5.79. The number of aromatic hydroxyl groups is 2. The number of rotatable bonds is 9. The van der Waals surface area contributed by atoms with E-state index in [4.69, 9.17) is 34.6 Å². The molecule has 0 spiro atoms. The minimum absolute atomic E-state index is 0.0324. The fourth-order valence-electron chi connectivity index (χ4n) is 6.29. The van der Waals surface area contributed by atoms with E-state index in [0.29, 0.717) is 58.2 Å². The molecule has 0 aliphatic heterocycles. The molecular formula is C45H34N6O3. The highest BCUT2D eigenvalue weighted by atomic mass is 16.5. The summed E-state index contributed by atoms with van der Waals surface area (Å²) in [5, 5.41) is 22.7. The lowest BCUT2D eigenvalue weighted by atomic mass is 9.95. The number of hydrogen-bond donors (Lipinski definition) is 2. The summed E-state index contributed by atoms with van der Waals surface area (Å²) in [4.78, 5) is 28.9. The molecule has 9 heteroatoms. The van der Waals surface area contributed by atoms with Gasteiger partial charge in [0.05, 0.1) is 18.2 Å². The van der Waals surface area contributed by atoms with Crippen LogP contribution in [-0.4, -0.2) is 47.2 Å². The molecule has 0 amide bonds. The largest absolute Gasteiger partial charge is 0.507 e. The quantitative estimate of drug-likeness (QED) is 0.151. The first-order valence-corrected chi connectivity index (χ1v) is 17.4. The van der Waals surface area contributed by atoms with Crippen molar-refractivity contribution < 1.29 is 14.9 Å². The van der Waals surface area contributed by atoms with Crippen LogP contribution in [0.4, 0.5) is 0 Å². The Bertz CT molecular complexity index is 2470. The molecular weight excluding hydrogens is 673 g/mol. The predicted molar refractivity (Wildman–Crippen MR) is 210 cm³/mol. The molecule has 9 nitrogen and oxygen atoms in total. The molecule has 2 N–H and O–H groups in total. The first kappa shape index (κ1) is 33.9. The number of phenolic OH excluding ortho intramolecular Hbond substituents is 2. The third-order valence-electron chi connectivity index (χ3n) is 9.11. The Morgan fingerprint density at radius 1 is 0.426 bits per heavy atom. The minimum atomic E-state index is -0.0324. The van der Waals surface area contributed by atoms with Crippen molar-refractivity contribution in [2.75, 3.05) is 7.11 Å². The standard InChI is InChI=1S/C45H34N6O3/c1-28-23-37(52)35(44-48-40(29-15-7-3-8-16-29)46-41(49-44)30-17-9-4-10-18-30)25-33(28)24-34-26-36(38(53)27-39(34)54-2)45-50-42(31-19-11-5-12-20-31)47-43(51-45)32-21-13-6-14-22-32/h3-23,25-27,52-53H,24H2,1-2H3. The summed E-state index contributed by atoms with van der Waals surface area (Å²) >= 11 is 0. The molecule has 262 valence electrons. The molecule has 0 radical (unpaired) electrons. The predicted octanol–water partition coefficient (Wildman–Crippen LogP) is 9.38. The van der Waals surface area contributed by atoms with Crippen molar-refractivity contribution in [2.24, 2.45) is 0 Å². The van der Waals surface area contributed by atoms with Gasteiger partial charge in [-0.15, -0.1) is 0 Å². The summed E-state index contributed by atoms with van der Waals surface area (Å²) in [5.41, 5.74) is 6.72. The fraction of sp³-hybridized carbons (Fsp3) is 0.0667. The summed E-state index contributed by atoms with van der Waals surface area (Å²) in [6, 6.07) is 45.8. The van der Waals surface area contributed by atoms with E-state index < -0.39 is 0 Å². The Hall–Kier alpha value is -7.26. The average molecular weight is 707 g/mol. The monoisotopic (exact) mass is 706 g/mol. The summed E-state index contributed by atoms with van der Waals surface area (Å²) in [5.74, 6) is 3.12. The van der Waals surface area contributed by atoms with Crippen LogP contribution in [0.15, 0.2) is 146 Å². The Balaban J connectivity index is 1.23. The van der Waals surface area contributed by atoms with Crippen LogP contribution in [0.1, 0.15) is 16.7 Å². The van der Waals surface area contributed by atoms with Gasteiger partial charge in [-0.2, -0.15) is 0 Å². The van der Waals surface area contributed by atoms with Gasteiger partial charge in [0.1, 0.15) is 17.2 Å². The third-order valence-corrected chi connectivity index (χ3v) is 9.11. The van der Waals surface area contributed by atoms with E-state index in [0.717, 1.165) is 38.9 Å². The van der Waals surface area contributed by atoms with Crippen molar-refractivity contribution in [1.29, 1.82) is 0 Å². The topological polar surface area (TPSA) is 127 Å². The number of methoxy groups -OCH3 is 1. The number of benzene rings is 6. The van der Waals surface area contributed by atoms with Crippen molar-refractivity contribution >= 4 is 0 Å². The maximum absolute atomic E-state index is 11.4. The molecule has 0 aliphatic rings. The Labute approximate surface area is 312 Å². The molecule has 8 aromatic rings. The van der Waals surface area contributed by atoms with Crippen LogP contribution < -0.4 is 4.74 Å². The number of hydrogen-bond acceptors (Lipinski definition) is 9. The van der Waals surface area contributed by atoms with Gasteiger partial charge >= 0.3 is 0 Å². The Kier molecular flexibility index (Phi) is 9.26. The zero-order valence-electron chi connectivity index (χ0n) is 29.5. The molecule has 8 rings (SSSR count). The van der Waals surface area contributed by atoms with Crippen LogP contribution in [-0.2, 0) is 6.42 Å². The van der Waals surface area contributed by atoms with Gasteiger partial charge in [0.2, 0.25) is 0 Å². The zero-order chi connectivity index (χ0) is 37.0. The van der Waals surface area contributed by atoms with E-state index in [1.54, 1.807) is 19.2 Å². The first-order chi connectivity index (χ1) is 26.4. The number of aromatic nitrogens is 6. The summed E-state index contributed by atoms with van der Waals surface area (Å²) in [6.07, 6.45) is 0.389. The highest BCUT2D eigenvalue weighted by Gasteiger charge is 2.21. The number of aryl methyl sites for hydroxylation is 1. The van der Waals surface area contributed by atoms with E-state index in [-0.39, 0.29) is 11.5 Å². The lowest BCUT2D eigenvalue weighted by Gasteiger charge is -2.16. The third kappa shape index (κ3) is 6.98. The van der Waals surface area contributed by atoms with E-state index in [1.807, 2.05) is 140 Å². The molecule has 0 aliphatic carbocycles. The van der Waals surface area contributed by atoms with Crippen LogP contribution >= 0.6 is 0 Å². The molecule has 0 bridgehead atoms. The lowest BCUT2D eigenvalue weighted by Crippen LogP contribution is -2.03. The molecule has 54 heavy (non-hydrogen) atoms. The summed E-state index contributed by atoms with van der Waals surface area (Å²) in [6.45, 7) is 1.94. The van der Waals surface area contributed by atoms with Crippen LogP contribution in [0.5, 0.6) is 17.2 Å². The number of ether oxygens (including phenoxy) is 1. The SMILES string of the molecule is COc1cc(O)c(-c2nc(-c3ccccc3)nc(-c3ccccc3)n2)cc1Cc1cc(-c2nc(-c3ccccc3)nc(-c3ccccc3)n2)c(O)cc1C. The minimum Gasteiger partial charge on any atom is -0.507 e. The van der Waals surface area contributed by atoms with Crippen LogP contribution in [0.25, 0.3) is 68.3 Å². The van der Waals surface area contributed by atoms with Crippen molar-refractivity contribution in [3.05, 3.63) is 162 Å². The van der Waals surface area contributed by atoms with Gasteiger partial charge in [0.25, 0.3) is 0 Å². The van der Waals surface area contributed by atoms with Gasteiger partial charge < -0.3 is 14.9 Å². The second kappa shape index (κ2) is 14.8. The smallest absolute Gasteiger partial charge is 0.167 e. The highest BCUT2D eigenvalue weighted by Crippen LogP contribution is 2.38. The van der Waals surface area contributed by atoms with Crippen molar-refractivity contribution in [3.8, 4) is 85.6 Å².